The van der Waals surface area contributed by atoms with Gasteiger partial charge in [0.1, 0.15) is 0 Å². The summed E-state index contributed by atoms with van der Waals surface area (Å²) in [7, 11) is 0. The third kappa shape index (κ3) is 5.10. The summed E-state index contributed by atoms with van der Waals surface area (Å²) >= 11 is 1.33. The highest BCUT2D eigenvalue weighted by molar-refractivity contribution is 8.13. The molecule has 0 atom stereocenters. The Kier molecular flexibility index (Phi) is 6.58. The minimum atomic E-state index is 0.0915. The number of thioether (sulfide) groups is 1. The molecule has 3 fully saturated rings. The molecule has 3 saturated heterocycles. The number of nitrogens with zero attached hydrogens (tertiary/aromatic N) is 4. The SMILES string of the molecule is O=C(CCN1CCSC1=O)N1CCN(CC(=O)N2CCCCC2)CC1. The predicted molar refractivity (Wildman–Crippen MR) is 97.5 cm³/mol. The maximum absolute atomic E-state index is 12.3. The standard InChI is InChI=1S/C17H28N4O3S/c22-15(4-7-21-12-13-25-17(21)24)20-10-8-18(9-11-20)14-16(23)19-5-2-1-3-6-19/h1-14H2. The van der Waals surface area contributed by atoms with Crippen LogP contribution in [0.2, 0.25) is 0 Å². The van der Waals surface area contributed by atoms with Gasteiger partial charge in [0.15, 0.2) is 0 Å². The van der Waals surface area contributed by atoms with Crippen molar-refractivity contribution in [2.24, 2.45) is 0 Å². The molecule has 8 heteroatoms. The van der Waals surface area contributed by atoms with Crippen molar-refractivity contribution in [1.29, 1.82) is 0 Å². The van der Waals surface area contributed by atoms with Gasteiger partial charge >= 0.3 is 0 Å². The second-order valence-corrected chi connectivity index (χ2v) is 8.00. The highest BCUT2D eigenvalue weighted by Gasteiger charge is 2.26. The molecule has 0 unspecified atom stereocenters. The third-order valence-corrected chi connectivity index (χ3v) is 6.13. The summed E-state index contributed by atoms with van der Waals surface area (Å²) in [5, 5.41) is 0.0915. The number of carbonyl (C=O) groups is 3. The van der Waals surface area contributed by atoms with Crippen molar-refractivity contribution in [2.45, 2.75) is 25.7 Å². The Bertz CT molecular complexity index is 502. The highest BCUT2D eigenvalue weighted by atomic mass is 32.2. The van der Waals surface area contributed by atoms with Crippen molar-refractivity contribution in [1.82, 2.24) is 19.6 Å². The van der Waals surface area contributed by atoms with Gasteiger partial charge in [-0.25, -0.2) is 0 Å². The Morgan fingerprint density at radius 1 is 0.840 bits per heavy atom. The number of likely N-dealkylation sites (tertiary alicyclic amines) is 1. The Balaban J connectivity index is 1.35. The van der Waals surface area contributed by atoms with Gasteiger partial charge in [-0.1, -0.05) is 11.8 Å². The molecular weight excluding hydrogens is 340 g/mol. The molecule has 140 valence electrons. The second kappa shape index (κ2) is 8.89. The summed E-state index contributed by atoms with van der Waals surface area (Å²) in [6, 6.07) is 0. The van der Waals surface area contributed by atoms with Crippen molar-refractivity contribution < 1.29 is 14.4 Å². The smallest absolute Gasteiger partial charge is 0.281 e. The van der Waals surface area contributed by atoms with E-state index in [1.54, 1.807) is 4.90 Å². The number of piperazine rings is 1. The van der Waals surface area contributed by atoms with Crippen LogP contribution in [0.4, 0.5) is 4.79 Å². The predicted octanol–water partition coefficient (Wildman–Crippen LogP) is 0.702. The number of hydrogen-bond donors (Lipinski definition) is 0. The third-order valence-electron chi connectivity index (χ3n) is 5.23. The minimum absolute atomic E-state index is 0.0915. The van der Waals surface area contributed by atoms with E-state index in [0.717, 1.165) is 51.3 Å². The molecule has 3 aliphatic rings. The summed E-state index contributed by atoms with van der Waals surface area (Å²) in [6.07, 6.45) is 3.86. The van der Waals surface area contributed by atoms with Gasteiger partial charge in [-0.3, -0.25) is 19.3 Å². The van der Waals surface area contributed by atoms with Crippen molar-refractivity contribution in [3.05, 3.63) is 0 Å². The lowest BCUT2D eigenvalue weighted by Crippen LogP contribution is -2.52. The molecule has 0 aliphatic carbocycles. The number of piperidine rings is 1. The lowest BCUT2D eigenvalue weighted by molar-refractivity contribution is -0.135. The van der Waals surface area contributed by atoms with Gasteiger partial charge in [-0.15, -0.1) is 0 Å². The zero-order valence-electron chi connectivity index (χ0n) is 14.8. The topological polar surface area (TPSA) is 64.2 Å². The van der Waals surface area contributed by atoms with E-state index in [1.807, 2.05) is 9.80 Å². The van der Waals surface area contributed by atoms with E-state index < -0.39 is 0 Å². The van der Waals surface area contributed by atoms with E-state index in [2.05, 4.69) is 4.90 Å². The molecule has 0 saturated carbocycles. The molecule has 25 heavy (non-hydrogen) atoms. The summed E-state index contributed by atoms with van der Waals surface area (Å²) in [6.45, 7) is 6.40. The van der Waals surface area contributed by atoms with Crippen molar-refractivity contribution in [3.63, 3.8) is 0 Å². The monoisotopic (exact) mass is 368 g/mol. The lowest BCUT2D eigenvalue weighted by atomic mass is 10.1. The Morgan fingerprint density at radius 3 is 2.16 bits per heavy atom. The zero-order valence-corrected chi connectivity index (χ0v) is 15.6. The Labute approximate surface area is 153 Å². The second-order valence-electron chi connectivity index (χ2n) is 6.95. The van der Waals surface area contributed by atoms with Gasteiger partial charge in [-0.05, 0) is 19.3 Å². The molecule has 0 spiro atoms. The lowest BCUT2D eigenvalue weighted by Gasteiger charge is -2.36. The molecule has 0 aromatic rings. The number of hydrogen-bond acceptors (Lipinski definition) is 5. The van der Waals surface area contributed by atoms with Crippen LogP contribution in [0.25, 0.3) is 0 Å². The van der Waals surface area contributed by atoms with Gasteiger partial charge in [-0.2, -0.15) is 0 Å². The first-order valence-electron chi connectivity index (χ1n) is 9.33. The van der Waals surface area contributed by atoms with E-state index in [4.69, 9.17) is 0 Å². The van der Waals surface area contributed by atoms with Crippen LogP contribution in [-0.2, 0) is 9.59 Å². The first-order chi connectivity index (χ1) is 12.1. The molecule has 0 N–H and O–H groups in total. The highest BCUT2D eigenvalue weighted by Crippen LogP contribution is 2.17. The first kappa shape index (κ1) is 18.5. The molecule has 0 bridgehead atoms. The molecule has 3 rings (SSSR count). The summed E-state index contributed by atoms with van der Waals surface area (Å²) in [5.41, 5.74) is 0. The Morgan fingerprint density at radius 2 is 1.52 bits per heavy atom. The van der Waals surface area contributed by atoms with E-state index in [-0.39, 0.29) is 17.1 Å². The van der Waals surface area contributed by atoms with Crippen LogP contribution in [0, 0.1) is 0 Å². The summed E-state index contributed by atoms with van der Waals surface area (Å²) < 4.78 is 0. The summed E-state index contributed by atoms with van der Waals surface area (Å²) in [5.74, 6) is 1.17. The van der Waals surface area contributed by atoms with Crippen LogP contribution < -0.4 is 0 Å². The molecule has 0 aromatic heterocycles. The quantitative estimate of drug-likeness (QED) is 0.715. The van der Waals surface area contributed by atoms with E-state index >= 15 is 0 Å². The van der Waals surface area contributed by atoms with Crippen LogP contribution in [0.5, 0.6) is 0 Å². The fourth-order valence-electron chi connectivity index (χ4n) is 3.61. The average Bonchev–Trinajstić information content (AvgIpc) is 3.06. The first-order valence-corrected chi connectivity index (χ1v) is 10.3. The molecule has 3 amide bonds. The maximum Gasteiger partial charge on any atom is 0.281 e. The van der Waals surface area contributed by atoms with Crippen molar-refractivity contribution in [2.75, 3.05) is 64.7 Å². The fourth-order valence-corrected chi connectivity index (χ4v) is 4.46. The molecule has 7 nitrogen and oxygen atoms in total. The molecule has 3 aliphatic heterocycles. The van der Waals surface area contributed by atoms with Gasteiger partial charge in [0.25, 0.3) is 5.24 Å². The average molecular weight is 369 g/mol. The van der Waals surface area contributed by atoms with Crippen LogP contribution in [0.3, 0.4) is 0 Å². The Hall–Kier alpha value is -1.28. The van der Waals surface area contributed by atoms with Crippen LogP contribution in [0.1, 0.15) is 25.7 Å². The number of rotatable bonds is 5. The van der Waals surface area contributed by atoms with E-state index in [1.165, 1.54) is 18.2 Å². The molecular formula is C17H28N4O3S. The van der Waals surface area contributed by atoms with Gasteiger partial charge in [0.2, 0.25) is 11.8 Å². The fraction of sp³-hybridized carbons (Fsp3) is 0.824. The van der Waals surface area contributed by atoms with E-state index in [0.29, 0.717) is 32.6 Å². The summed E-state index contributed by atoms with van der Waals surface area (Å²) in [4.78, 5) is 44.0. The number of amides is 3. The zero-order chi connectivity index (χ0) is 17.6. The van der Waals surface area contributed by atoms with Crippen LogP contribution in [-0.4, -0.2) is 101 Å². The van der Waals surface area contributed by atoms with Crippen molar-refractivity contribution in [3.8, 4) is 0 Å². The van der Waals surface area contributed by atoms with Crippen LogP contribution >= 0.6 is 11.8 Å². The van der Waals surface area contributed by atoms with Gasteiger partial charge < -0.3 is 14.7 Å². The minimum Gasteiger partial charge on any atom is -0.342 e. The largest absolute Gasteiger partial charge is 0.342 e. The number of carbonyl (C=O) groups excluding carboxylic acids is 3. The molecule has 0 aromatic carbocycles. The van der Waals surface area contributed by atoms with Gasteiger partial charge in [0.05, 0.1) is 6.54 Å². The molecule has 0 radical (unpaired) electrons. The van der Waals surface area contributed by atoms with E-state index in [9.17, 15) is 14.4 Å². The maximum atomic E-state index is 12.3. The normalized spacial score (nSPS) is 22.6. The molecule has 3 heterocycles. The van der Waals surface area contributed by atoms with Crippen LogP contribution in [0.15, 0.2) is 0 Å². The van der Waals surface area contributed by atoms with Gasteiger partial charge in [0, 0.05) is 64.5 Å². The van der Waals surface area contributed by atoms with Crippen molar-refractivity contribution >= 4 is 28.8 Å².